The minimum Gasteiger partial charge on any atom is -0.314 e. The summed E-state index contributed by atoms with van der Waals surface area (Å²) in [5, 5.41) is 3.52. The third kappa shape index (κ3) is 4.09. The van der Waals surface area contributed by atoms with Gasteiger partial charge in [-0.05, 0) is 37.6 Å². The highest BCUT2D eigenvalue weighted by molar-refractivity contribution is 7.84. The van der Waals surface area contributed by atoms with Crippen molar-refractivity contribution in [1.29, 1.82) is 0 Å². The molecule has 14 heavy (non-hydrogen) atoms. The summed E-state index contributed by atoms with van der Waals surface area (Å²) >= 11 is 0. The molecule has 1 atom stereocenters. The van der Waals surface area contributed by atoms with Crippen LogP contribution in [0.15, 0.2) is 0 Å². The van der Waals surface area contributed by atoms with Crippen LogP contribution in [0, 0.1) is 11.8 Å². The van der Waals surface area contributed by atoms with E-state index < -0.39 is 10.8 Å². The molecule has 1 unspecified atom stereocenters. The summed E-state index contributed by atoms with van der Waals surface area (Å²) in [5.74, 6) is 2.62. The van der Waals surface area contributed by atoms with Gasteiger partial charge in [-0.25, -0.2) is 0 Å². The molecule has 0 radical (unpaired) electrons. The first kappa shape index (κ1) is 12.2. The van der Waals surface area contributed by atoms with E-state index in [-0.39, 0.29) is 0 Å². The molecule has 1 aliphatic rings. The number of hydrogen-bond donors (Lipinski definition) is 1. The summed E-state index contributed by atoms with van der Waals surface area (Å²) < 4.78 is 10.8. The van der Waals surface area contributed by atoms with E-state index in [0.717, 1.165) is 36.6 Å². The molecule has 0 amide bonds. The second kappa shape index (κ2) is 5.86. The van der Waals surface area contributed by atoms with Gasteiger partial charge in [0.25, 0.3) is 0 Å². The topological polar surface area (TPSA) is 29.1 Å². The maximum Gasteiger partial charge on any atom is 0.0244 e. The lowest BCUT2D eigenvalue weighted by atomic mass is 9.74. The Morgan fingerprint density at radius 3 is 2.57 bits per heavy atom. The summed E-state index contributed by atoms with van der Waals surface area (Å²) in [6.45, 7) is 5.65. The van der Waals surface area contributed by atoms with Crippen molar-refractivity contribution in [2.24, 2.45) is 11.8 Å². The second-order valence-electron chi connectivity index (χ2n) is 4.76. The van der Waals surface area contributed by atoms with Crippen molar-refractivity contribution in [3.05, 3.63) is 0 Å². The smallest absolute Gasteiger partial charge is 0.0244 e. The SMILES string of the molecule is CC(C)C1CC(NCCCS(C)=O)C1. The second-order valence-corrected chi connectivity index (χ2v) is 6.31. The summed E-state index contributed by atoms with van der Waals surface area (Å²) in [7, 11) is -0.619. The predicted molar refractivity (Wildman–Crippen MR) is 62.9 cm³/mol. The van der Waals surface area contributed by atoms with Crippen LogP contribution in [0.1, 0.15) is 33.1 Å². The van der Waals surface area contributed by atoms with Gasteiger partial charge in [-0.2, -0.15) is 0 Å². The molecule has 0 aromatic heterocycles. The fourth-order valence-electron chi connectivity index (χ4n) is 1.95. The van der Waals surface area contributed by atoms with Crippen LogP contribution in [0.3, 0.4) is 0 Å². The van der Waals surface area contributed by atoms with E-state index in [4.69, 9.17) is 0 Å². The van der Waals surface area contributed by atoms with Crippen LogP contribution in [-0.4, -0.2) is 28.8 Å². The Labute approximate surface area is 90.3 Å². The van der Waals surface area contributed by atoms with Gasteiger partial charge in [0, 0.05) is 28.9 Å². The molecule has 0 bridgehead atoms. The Kier molecular flexibility index (Phi) is 5.10. The molecule has 1 rings (SSSR count). The minimum absolute atomic E-state index is 0.619. The van der Waals surface area contributed by atoms with Gasteiger partial charge in [0.15, 0.2) is 0 Å². The van der Waals surface area contributed by atoms with Crippen molar-refractivity contribution < 1.29 is 4.21 Å². The zero-order valence-corrected chi connectivity index (χ0v) is 10.4. The normalized spacial score (nSPS) is 28.9. The van der Waals surface area contributed by atoms with Crippen molar-refractivity contribution in [1.82, 2.24) is 5.32 Å². The molecule has 0 saturated heterocycles. The zero-order valence-electron chi connectivity index (χ0n) is 9.58. The number of rotatable bonds is 6. The molecule has 84 valence electrons. The van der Waals surface area contributed by atoms with Gasteiger partial charge >= 0.3 is 0 Å². The first-order valence-corrected chi connectivity index (χ1v) is 7.35. The van der Waals surface area contributed by atoms with Crippen LogP contribution < -0.4 is 5.32 Å². The Balaban J connectivity index is 1.93. The Hall–Kier alpha value is 0.110. The van der Waals surface area contributed by atoms with Crippen LogP contribution in [0.5, 0.6) is 0 Å². The highest BCUT2D eigenvalue weighted by atomic mass is 32.2. The van der Waals surface area contributed by atoms with Crippen molar-refractivity contribution in [3.63, 3.8) is 0 Å². The van der Waals surface area contributed by atoms with Crippen LogP contribution in [0.2, 0.25) is 0 Å². The number of nitrogens with one attached hydrogen (secondary N) is 1. The summed E-state index contributed by atoms with van der Waals surface area (Å²) in [6.07, 6.45) is 5.50. The largest absolute Gasteiger partial charge is 0.314 e. The van der Waals surface area contributed by atoms with Crippen LogP contribution in [-0.2, 0) is 10.8 Å². The molecule has 1 fully saturated rings. The lowest BCUT2D eigenvalue weighted by Gasteiger charge is -2.38. The average Bonchev–Trinajstić information content (AvgIpc) is 1.98. The lowest BCUT2D eigenvalue weighted by Crippen LogP contribution is -2.43. The molecule has 0 aromatic carbocycles. The van der Waals surface area contributed by atoms with Gasteiger partial charge in [0.05, 0.1) is 0 Å². The molecule has 3 heteroatoms. The van der Waals surface area contributed by atoms with Crippen molar-refractivity contribution in [2.75, 3.05) is 18.6 Å². The molecular weight excluding hydrogens is 194 g/mol. The lowest BCUT2D eigenvalue weighted by molar-refractivity contribution is 0.169. The summed E-state index contributed by atoms with van der Waals surface area (Å²) in [6, 6.07) is 0.743. The van der Waals surface area contributed by atoms with Crippen molar-refractivity contribution in [2.45, 2.75) is 39.2 Å². The monoisotopic (exact) mass is 217 g/mol. The maximum absolute atomic E-state index is 10.8. The van der Waals surface area contributed by atoms with E-state index in [2.05, 4.69) is 19.2 Å². The van der Waals surface area contributed by atoms with E-state index in [0.29, 0.717) is 0 Å². The Bertz CT molecular complexity index is 188. The molecule has 0 aliphatic heterocycles. The molecule has 0 spiro atoms. The standard InChI is InChI=1S/C11H23NOS/c1-9(2)10-7-11(8-10)12-5-4-6-14(3)13/h9-12H,4-8H2,1-3H3. The highest BCUT2D eigenvalue weighted by Crippen LogP contribution is 2.33. The van der Waals surface area contributed by atoms with E-state index in [1.807, 2.05) is 0 Å². The zero-order chi connectivity index (χ0) is 10.6. The molecule has 1 N–H and O–H groups in total. The summed E-state index contributed by atoms with van der Waals surface area (Å²) in [5.41, 5.74) is 0. The molecule has 0 heterocycles. The average molecular weight is 217 g/mol. The molecular formula is C11H23NOS. The minimum atomic E-state index is -0.619. The maximum atomic E-state index is 10.8. The van der Waals surface area contributed by atoms with Gasteiger partial charge in [-0.3, -0.25) is 4.21 Å². The van der Waals surface area contributed by atoms with Crippen LogP contribution in [0.25, 0.3) is 0 Å². The Morgan fingerprint density at radius 1 is 1.43 bits per heavy atom. The van der Waals surface area contributed by atoms with Gasteiger partial charge in [-0.15, -0.1) is 0 Å². The highest BCUT2D eigenvalue weighted by Gasteiger charge is 2.30. The van der Waals surface area contributed by atoms with Crippen molar-refractivity contribution >= 4 is 10.8 Å². The van der Waals surface area contributed by atoms with E-state index >= 15 is 0 Å². The number of hydrogen-bond acceptors (Lipinski definition) is 2. The first-order valence-electron chi connectivity index (χ1n) is 5.63. The van der Waals surface area contributed by atoms with E-state index in [1.165, 1.54) is 12.8 Å². The molecule has 0 aromatic rings. The predicted octanol–water partition coefficient (Wildman–Crippen LogP) is 1.78. The van der Waals surface area contributed by atoms with Gasteiger partial charge in [0.2, 0.25) is 0 Å². The third-order valence-corrected chi connectivity index (χ3v) is 4.02. The van der Waals surface area contributed by atoms with Crippen LogP contribution in [0.4, 0.5) is 0 Å². The van der Waals surface area contributed by atoms with E-state index in [1.54, 1.807) is 6.26 Å². The van der Waals surface area contributed by atoms with Gasteiger partial charge in [0.1, 0.15) is 0 Å². The van der Waals surface area contributed by atoms with Gasteiger partial charge in [-0.1, -0.05) is 13.8 Å². The van der Waals surface area contributed by atoms with Crippen LogP contribution >= 0.6 is 0 Å². The molecule has 2 nitrogen and oxygen atoms in total. The van der Waals surface area contributed by atoms with E-state index in [9.17, 15) is 4.21 Å². The third-order valence-electron chi connectivity index (χ3n) is 3.16. The molecule has 1 aliphatic carbocycles. The fourth-order valence-corrected chi connectivity index (χ4v) is 2.51. The fraction of sp³-hybridized carbons (Fsp3) is 1.00. The molecule has 1 saturated carbocycles. The van der Waals surface area contributed by atoms with Gasteiger partial charge < -0.3 is 5.32 Å². The first-order chi connectivity index (χ1) is 6.59. The quantitative estimate of drug-likeness (QED) is 0.687. The summed E-state index contributed by atoms with van der Waals surface area (Å²) in [4.78, 5) is 0. The Morgan fingerprint density at radius 2 is 2.07 bits per heavy atom. The van der Waals surface area contributed by atoms with Crippen molar-refractivity contribution in [3.8, 4) is 0 Å².